The van der Waals surface area contributed by atoms with E-state index in [0.29, 0.717) is 0 Å². The first-order chi connectivity index (χ1) is 7.53. The molecule has 16 heavy (non-hydrogen) atoms. The van der Waals surface area contributed by atoms with E-state index < -0.39 is 0 Å². The maximum atomic E-state index is 5.87. The SMILES string of the molecule is C#CC(CP(C)C)(c1ccccc1)P(C)C. The number of benzene rings is 1. The monoisotopic (exact) mass is 250 g/mol. The zero-order valence-electron chi connectivity index (χ0n) is 10.6. The van der Waals surface area contributed by atoms with Gasteiger partial charge in [-0.25, -0.2) is 0 Å². The van der Waals surface area contributed by atoms with E-state index in [1.54, 1.807) is 0 Å². The van der Waals surface area contributed by atoms with Gasteiger partial charge in [0.2, 0.25) is 0 Å². The van der Waals surface area contributed by atoms with Crippen LogP contribution in [-0.2, 0) is 5.16 Å². The maximum Gasteiger partial charge on any atom is 0.0787 e. The standard InChI is InChI=1S/C14H20P2/c1-6-14(16(4)5,12-15(2)3)13-10-8-7-9-11-13/h1,7-11H,12H2,2-5H3. The third-order valence-corrected chi connectivity index (χ3v) is 6.23. The Balaban J connectivity index is 3.19. The van der Waals surface area contributed by atoms with Gasteiger partial charge in [0.15, 0.2) is 0 Å². The summed E-state index contributed by atoms with van der Waals surface area (Å²) in [4.78, 5) is 0. The molecule has 0 saturated heterocycles. The normalized spacial score (nSPS) is 14.8. The van der Waals surface area contributed by atoms with Gasteiger partial charge in [0.05, 0.1) is 5.16 Å². The first-order valence-electron chi connectivity index (χ1n) is 5.38. The lowest BCUT2D eigenvalue weighted by atomic mass is 10.0. The highest BCUT2D eigenvalue weighted by atomic mass is 31.1. The Kier molecular flexibility index (Phi) is 4.98. The predicted octanol–water partition coefficient (Wildman–Crippen LogP) is 4.00. The van der Waals surface area contributed by atoms with Crippen LogP contribution in [0.5, 0.6) is 0 Å². The van der Waals surface area contributed by atoms with Gasteiger partial charge >= 0.3 is 0 Å². The van der Waals surface area contributed by atoms with Gasteiger partial charge in [0, 0.05) is 0 Å². The van der Waals surface area contributed by atoms with Gasteiger partial charge in [-0.3, -0.25) is 0 Å². The Morgan fingerprint density at radius 2 is 1.69 bits per heavy atom. The van der Waals surface area contributed by atoms with Crippen LogP contribution in [0.3, 0.4) is 0 Å². The molecule has 0 aliphatic rings. The molecule has 0 bridgehead atoms. The smallest absolute Gasteiger partial charge is 0.0787 e. The van der Waals surface area contributed by atoms with E-state index in [4.69, 9.17) is 6.42 Å². The Morgan fingerprint density at radius 1 is 1.12 bits per heavy atom. The fraction of sp³-hybridized carbons (Fsp3) is 0.429. The summed E-state index contributed by atoms with van der Waals surface area (Å²) in [7, 11) is -0.154. The molecule has 0 aliphatic carbocycles. The fourth-order valence-electron chi connectivity index (χ4n) is 1.92. The quantitative estimate of drug-likeness (QED) is 0.559. The molecule has 1 unspecified atom stereocenters. The summed E-state index contributed by atoms with van der Waals surface area (Å²) in [6, 6.07) is 10.6. The second-order valence-corrected chi connectivity index (χ2v) is 9.53. The highest BCUT2D eigenvalue weighted by Gasteiger charge is 2.33. The number of hydrogen-bond donors (Lipinski definition) is 0. The Hall–Kier alpha value is -0.360. The lowest BCUT2D eigenvalue weighted by molar-refractivity contribution is 0.908. The lowest BCUT2D eigenvalue weighted by Gasteiger charge is -2.35. The van der Waals surface area contributed by atoms with Crippen LogP contribution < -0.4 is 0 Å². The van der Waals surface area contributed by atoms with Gasteiger partial charge in [0.1, 0.15) is 0 Å². The summed E-state index contributed by atoms with van der Waals surface area (Å²) in [6.45, 7) is 9.20. The Bertz CT molecular complexity index is 362. The van der Waals surface area contributed by atoms with Crippen LogP contribution in [-0.4, -0.2) is 32.8 Å². The van der Waals surface area contributed by atoms with E-state index in [0.717, 1.165) is 6.16 Å². The molecule has 0 nitrogen and oxygen atoms in total. The van der Waals surface area contributed by atoms with Crippen LogP contribution in [0.1, 0.15) is 5.56 Å². The van der Waals surface area contributed by atoms with Crippen molar-refractivity contribution in [1.29, 1.82) is 0 Å². The zero-order chi connectivity index (χ0) is 12.2. The van der Waals surface area contributed by atoms with Crippen LogP contribution >= 0.6 is 15.8 Å². The first-order valence-corrected chi connectivity index (χ1v) is 10.0. The minimum atomic E-state index is -0.177. The summed E-state index contributed by atoms with van der Waals surface area (Å²) >= 11 is 0. The van der Waals surface area contributed by atoms with Crippen LogP contribution in [0, 0.1) is 12.3 Å². The summed E-state index contributed by atoms with van der Waals surface area (Å²) < 4.78 is 0. The number of hydrogen-bond acceptors (Lipinski definition) is 0. The van der Waals surface area contributed by atoms with Crippen molar-refractivity contribution >= 4 is 15.8 Å². The molecule has 0 saturated carbocycles. The van der Waals surface area contributed by atoms with Crippen LogP contribution in [0.4, 0.5) is 0 Å². The molecular formula is C14H20P2. The summed E-state index contributed by atoms with van der Waals surface area (Å²) in [5, 5.41) is -0.0220. The molecule has 1 aromatic rings. The highest BCUT2D eigenvalue weighted by Crippen LogP contribution is 2.55. The largest absolute Gasteiger partial charge is 0.119 e. The molecule has 0 radical (unpaired) electrons. The average Bonchev–Trinajstić information content (AvgIpc) is 2.26. The number of rotatable bonds is 4. The van der Waals surface area contributed by atoms with E-state index >= 15 is 0 Å². The molecule has 1 rings (SSSR count). The van der Waals surface area contributed by atoms with Gasteiger partial charge in [0.25, 0.3) is 0 Å². The highest BCUT2D eigenvalue weighted by molar-refractivity contribution is 7.61. The van der Waals surface area contributed by atoms with Crippen molar-refractivity contribution in [2.45, 2.75) is 5.16 Å². The summed E-state index contributed by atoms with van der Waals surface area (Å²) in [5.41, 5.74) is 1.32. The molecule has 0 amide bonds. The first kappa shape index (κ1) is 13.7. The lowest BCUT2D eigenvalue weighted by Crippen LogP contribution is -2.25. The van der Waals surface area contributed by atoms with Crippen LogP contribution in [0.15, 0.2) is 30.3 Å². The van der Waals surface area contributed by atoms with Crippen molar-refractivity contribution in [1.82, 2.24) is 0 Å². The molecule has 1 aromatic carbocycles. The number of terminal acetylenes is 1. The van der Waals surface area contributed by atoms with Crippen LogP contribution in [0.25, 0.3) is 0 Å². The predicted molar refractivity (Wildman–Crippen MR) is 79.4 cm³/mol. The fourth-order valence-corrected chi connectivity index (χ4v) is 6.01. The molecule has 86 valence electrons. The minimum Gasteiger partial charge on any atom is -0.119 e. The molecular weight excluding hydrogens is 230 g/mol. The van der Waals surface area contributed by atoms with Gasteiger partial charge in [-0.15, -0.1) is 14.3 Å². The Labute approximate surface area is 102 Å². The van der Waals surface area contributed by atoms with Gasteiger partial charge in [-0.2, -0.15) is 0 Å². The average molecular weight is 250 g/mol. The maximum absolute atomic E-state index is 5.87. The molecule has 0 N–H and O–H groups in total. The van der Waals surface area contributed by atoms with Crippen molar-refractivity contribution in [3.8, 4) is 12.3 Å². The van der Waals surface area contributed by atoms with Crippen molar-refractivity contribution in [2.75, 3.05) is 32.8 Å². The topological polar surface area (TPSA) is 0 Å². The van der Waals surface area contributed by atoms with Crippen molar-refractivity contribution < 1.29 is 0 Å². The van der Waals surface area contributed by atoms with E-state index in [9.17, 15) is 0 Å². The molecule has 0 heterocycles. The van der Waals surface area contributed by atoms with Crippen molar-refractivity contribution in [2.24, 2.45) is 0 Å². The van der Waals surface area contributed by atoms with E-state index in [1.807, 2.05) is 0 Å². The molecule has 1 atom stereocenters. The third-order valence-electron chi connectivity index (χ3n) is 2.80. The molecule has 2 heteroatoms. The van der Waals surface area contributed by atoms with Crippen molar-refractivity contribution in [3.05, 3.63) is 35.9 Å². The molecule has 0 spiro atoms. The van der Waals surface area contributed by atoms with Gasteiger partial charge in [-0.1, -0.05) is 44.2 Å². The second-order valence-electron chi connectivity index (χ2n) is 4.50. The van der Waals surface area contributed by atoms with Gasteiger partial charge < -0.3 is 0 Å². The molecule has 0 aromatic heterocycles. The zero-order valence-corrected chi connectivity index (χ0v) is 12.4. The summed E-state index contributed by atoms with van der Waals surface area (Å²) in [5.74, 6) is 3.11. The van der Waals surface area contributed by atoms with Gasteiger partial charge in [-0.05, 0) is 38.4 Å². The minimum absolute atomic E-state index is 0.0220. The Morgan fingerprint density at radius 3 is 2.06 bits per heavy atom. The van der Waals surface area contributed by atoms with Crippen LogP contribution in [0.2, 0.25) is 0 Å². The summed E-state index contributed by atoms with van der Waals surface area (Å²) in [6.07, 6.45) is 7.01. The van der Waals surface area contributed by atoms with E-state index in [-0.39, 0.29) is 21.0 Å². The second kappa shape index (κ2) is 5.82. The van der Waals surface area contributed by atoms with E-state index in [1.165, 1.54) is 5.56 Å². The third kappa shape index (κ3) is 2.85. The van der Waals surface area contributed by atoms with E-state index in [2.05, 4.69) is 62.9 Å². The van der Waals surface area contributed by atoms with Crippen molar-refractivity contribution in [3.63, 3.8) is 0 Å². The molecule has 0 fully saturated rings. The molecule has 0 aliphatic heterocycles.